The maximum absolute atomic E-state index is 11.8. The summed E-state index contributed by atoms with van der Waals surface area (Å²) in [6.45, 7) is 0. The lowest BCUT2D eigenvalue weighted by molar-refractivity contribution is -0.151. The molecule has 0 N–H and O–H groups in total. The maximum Gasteiger partial charge on any atom is 0.309 e. The van der Waals surface area contributed by atoms with Crippen LogP contribution in [0.1, 0.15) is 12.0 Å². The third-order valence-corrected chi connectivity index (χ3v) is 3.72. The van der Waals surface area contributed by atoms with Crippen molar-refractivity contribution in [3.8, 4) is 11.1 Å². The highest BCUT2D eigenvalue weighted by molar-refractivity contribution is 5.80. The van der Waals surface area contributed by atoms with E-state index >= 15 is 0 Å². The Morgan fingerprint density at radius 2 is 1.48 bits per heavy atom. The number of hydrogen-bond donors (Lipinski definition) is 0. The standard InChI is InChI=1S/C19H20O4/c1-22-18(20)13-17(19(21)23-2)12-14-8-10-16(11-9-14)15-6-4-3-5-7-15/h3-11,17H,12-13H2,1-2H3. The Hall–Kier alpha value is -2.62. The summed E-state index contributed by atoms with van der Waals surface area (Å²) in [6, 6.07) is 18.0. The van der Waals surface area contributed by atoms with Crippen LogP contribution in [0.15, 0.2) is 54.6 Å². The fraction of sp³-hybridized carbons (Fsp3) is 0.263. The van der Waals surface area contributed by atoms with Gasteiger partial charge in [-0.1, -0.05) is 54.6 Å². The van der Waals surface area contributed by atoms with Crippen LogP contribution in [-0.4, -0.2) is 26.2 Å². The minimum absolute atomic E-state index is 0.0175. The first-order valence-electron chi connectivity index (χ1n) is 7.43. The second-order valence-electron chi connectivity index (χ2n) is 5.27. The number of benzene rings is 2. The fourth-order valence-corrected chi connectivity index (χ4v) is 2.44. The predicted molar refractivity (Wildman–Crippen MR) is 87.7 cm³/mol. The van der Waals surface area contributed by atoms with Crippen LogP contribution in [0.4, 0.5) is 0 Å². The number of hydrogen-bond acceptors (Lipinski definition) is 4. The van der Waals surface area contributed by atoms with Crippen LogP contribution in [-0.2, 0) is 25.5 Å². The van der Waals surface area contributed by atoms with Crippen molar-refractivity contribution in [3.05, 3.63) is 60.2 Å². The van der Waals surface area contributed by atoms with Gasteiger partial charge in [0.15, 0.2) is 0 Å². The van der Waals surface area contributed by atoms with E-state index in [1.165, 1.54) is 14.2 Å². The molecule has 0 saturated carbocycles. The SMILES string of the molecule is COC(=O)CC(Cc1ccc(-c2ccccc2)cc1)C(=O)OC. The Kier molecular flexibility index (Phi) is 5.92. The second-order valence-corrected chi connectivity index (χ2v) is 5.27. The summed E-state index contributed by atoms with van der Waals surface area (Å²) in [7, 11) is 2.64. The van der Waals surface area contributed by atoms with Gasteiger partial charge in [-0.05, 0) is 23.1 Å². The smallest absolute Gasteiger partial charge is 0.309 e. The van der Waals surface area contributed by atoms with E-state index < -0.39 is 17.9 Å². The minimum atomic E-state index is -0.532. The number of ether oxygens (including phenoxy) is 2. The zero-order chi connectivity index (χ0) is 16.7. The minimum Gasteiger partial charge on any atom is -0.469 e. The van der Waals surface area contributed by atoms with Gasteiger partial charge in [0, 0.05) is 0 Å². The summed E-state index contributed by atoms with van der Waals surface area (Å²) in [4.78, 5) is 23.3. The fourth-order valence-electron chi connectivity index (χ4n) is 2.44. The average Bonchev–Trinajstić information content (AvgIpc) is 2.61. The van der Waals surface area contributed by atoms with Crippen LogP contribution >= 0.6 is 0 Å². The largest absolute Gasteiger partial charge is 0.469 e. The molecule has 23 heavy (non-hydrogen) atoms. The van der Waals surface area contributed by atoms with Crippen LogP contribution in [0.5, 0.6) is 0 Å². The molecule has 0 aliphatic carbocycles. The summed E-state index contributed by atoms with van der Waals surface area (Å²) < 4.78 is 9.42. The average molecular weight is 312 g/mol. The van der Waals surface area contributed by atoms with Gasteiger partial charge in [0.1, 0.15) is 0 Å². The third kappa shape index (κ3) is 4.68. The van der Waals surface area contributed by atoms with Gasteiger partial charge in [-0.15, -0.1) is 0 Å². The zero-order valence-corrected chi connectivity index (χ0v) is 13.3. The first-order valence-corrected chi connectivity index (χ1v) is 7.43. The van der Waals surface area contributed by atoms with Crippen LogP contribution in [0, 0.1) is 5.92 Å². The molecule has 0 radical (unpaired) electrons. The molecule has 1 atom stereocenters. The van der Waals surface area contributed by atoms with Crippen LogP contribution in [0.25, 0.3) is 11.1 Å². The van der Waals surface area contributed by atoms with Crippen molar-refractivity contribution >= 4 is 11.9 Å². The van der Waals surface area contributed by atoms with Crippen molar-refractivity contribution in [3.63, 3.8) is 0 Å². The van der Waals surface area contributed by atoms with E-state index in [4.69, 9.17) is 4.74 Å². The summed E-state index contributed by atoms with van der Waals surface area (Å²) in [5.74, 6) is -1.35. The molecule has 0 heterocycles. The number of esters is 2. The number of carbonyl (C=O) groups is 2. The van der Waals surface area contributed by atoms with Crippen molar-refractivity contribution in [2.75, 3.05) is 14.2 Å². The summed E-state index contributed by atoms with van der Waals surface area (Å²) >= 11 is 0. The quantitative estimate of drug-likeness (QED) is 0.768. The van der Waals surface area contributed by atoms with Crippen molar-refractivity contribution in [1.82, 2.24) is 0 Å². The molecule has 0 spiro atoms. The summed E-state index contributed by atoms with van der Waals surface area (Å²) in [5.41, 5.74) is 3.22. The Balaban J connectivity index is 2.11. The molecule has 2 aromatic rings. The van der Waals surface area contributed by atoms with Gasteiger partial charge < -0.3 is 9.47 Å². The molecule has 2 aromatic carbocycles. The molecule has 0 saturated heterocycles. The summed E-state index contributed by atoms with van der Waals surface area (Å²) in [5, 5.41) is 0. The Morgan fingerprint density at radius 1 is 0.870 bits per heavy atom. The van der Waals surface area contributed by atoms with Crippen molar-refractivity contribution in [2.24, 2.45) is 5.92 Å². The molecule has 0 amide bonds. The molecule has 2 rings (SSSR count). The van der Waals surface area contributed by atoms with Crippen molar-refractivity contribution in [2.45, 2.75) is 12.8 Å². The number of rotatable bonds is 6. The molecular formula is C19H20O4. The van der Waals surface area contributed by atoms with Gasteiger partial charge in [0.2, 0.25) is 0 Å². The molecule has 0 aliphatic heterocycles. The zero-order valence-electron chi connectivity index (χ0n) is 13.3. The highest BCUT2D eigenvalue weighted by Crippen LogP contribution is 2.21. The molecule has 1 unspecified atom stereocenters. The Labute approximate surface area is 136 Å². The van der Waals surface area contributed by atoms with Crippen LogP contribution < -0.4 is 0 Å². The Morgan fingerprint density at radius 3 is 2.04 bits per heavy atom. The van der Waals surface area contributed by atoms with E-state index in [1.54, 1.807) is 0 Å². The second kappa shape index (κ2) is 8.13. The molecule has 0 bridgehead atoms. The highest BCUT2D eigenvalue weighted by Gasteiger charge is 2.23. The third-order valence-electron chi connectivity index (χ3n) is 3.72. The van der Waals surface area contributed by atoms with Crippen molar-refractivity contribution < 1.29 is 19.1 Å². The van der Waals surface area contributed by atoms with E-state index in [2.05, 4.69) is 4.74 Å². The molecule has 4 heteroatoms. The predicted octanol–water partition coefficient (Wildman–Crippen LogP) is 3.25. The monoisotopic (exact) mass is 312 g/mol. The first-order chi connectivity index (χ1) is 11.1. The molecule has 0 aromatic heterocycles. The topological polar surface area (TPSA) is 52.6 Å². The van der Waals surface area contributed by atoms with E-state index in [0.717, 1.165) is 16.7 Å². The lowest BCUT2D eigenvalue weighted by atomic mass is 9.94. The number of carbonyl (C=O) groups excluding carboxylic acids is 2. The molecular weight excluding hydrogens is 292 g/mol. The molecule has 0 fully saturated rings. The molecule has 120 valence electrons. The maximum atomic E-state index is 11.8. The Bertz CT molecular complexity index is 647. The molecule has 4 nitrogen and oxygen atoms in total. The van der Waals surface area contributed by atoms with E-state index in [1.807, 2.05) is 54.6 Å². The first kappa shape index (κ1) is 16.7. The van der Waals surface area contributed by atoms with Crippen LogP contribution in [0.2, 0.25) is 0 Å². The van der Waals surface area contributed by atoms with Crippen molar-refractivity contribution in [1.29, 1.82) is 0 Å². The molecule has 0 aliphatic rings. The van der Waals surface area contributed by atoms with Gasteiger partial charge in [0.25, 0.3) is 0 Å². The number of methoxy groups -OCH3 is 2. The van der Waals surface area contributed by atoms with Crippen LogP contribution in [0.3, 0.4) is 0 Å². The van der Waals surface area contributed by atoms with Gasteiger partial charge in [-0.3, -0.25) is 9.59 Å². The van der Waals surface area contributed by atoms with E-state index in [-0.39, 0.29) is 6.42 Å². The van der Waals surface area contributed by atoms with Gasteiger partial charge in [-0.25, -0.2) is 0 Å². The van der Waals surface area contributed by atoms with Gasteiger partial charge in [0.05, 0.1) is 26.6 Å². The van der Waals surface area contributed by atoms with E-state index in [9.17, 15) is 9.59 Å². The van der Waals surface area contributed by atoms with Gasteiger partial charge in [-0.2, -0.15) is 0 Å². The normalized spacial score (nSPS) is 11.6. The van der Waals surface area contributed by atoms with Gasteiger partial charge >= 0.3 is 11.9 Å². The summed E-state index contributed by atoms with van der Waals surface area (Å²) in [6.07, 6.45) is 0.459. The lowest BCUT2D eigenvalue weighted by Crippen LogP contribution is -2.22. The lowest BCUT2D eigenvalue weighted by Gasteiger charge is -2.13. The van der Waals surface area contributed by atoms with E-state index in [0.29, 0.717) is 6.42 Å². The highest BCUT2D eigenvalue weighted by atomic mass is 16.5.